The van der Waals surface area contributed by atoms with Gasteiger partial charge in [-0.25, -0.2) is 0 Å². The van der Waals surface area contributed by atoms with Crippen LogP contribution in [0.25, 0.3) is 0 Å². The largest absolute Gasteiger partial charge is 0.380 e. The van der Waals surface area contributed by atoms with Crippen LogP contribution in [0.3, 0.4) is 0 Å². The fourth-order valence-corrected chi connectivity index (χ4v) is 3.46. The van der Waals surface area contributed by atoms with Crippen LogP contribution in [0.5, 0.6) is 0 Å². The number of fused-ring (bicyclic) bond motifs is 1. The van der Waals surface area contributed by atoms with Crippen molar-refractivity contribution in [1.29, 1.82) is 0 Å². The number of carbonyl (C=O) groups is 1. The fourth-order valence-electron chi connectivity index (χ4n) is 2.85. The van der Waals surface area contributed by atoms with Crippen LogP contribution in [0.15, 0.2) is 16.6 Å². The van der Waals surface area contributed by atoms with Gasteiger partial charge in [0, 0.05) is 35.9 Å². The second-order valence-electron chi connectivity index (χ2n) is 5.23. The number of nitrogens with one attached hydrogen (secondary N) is 1. The highest BCUT2D eigenvalue weighted by Gasteiger charge is 2.31. The predicted molar refractivity (Wildman–Crippen MR) is 80.0 cm³/mol. The standard InChI is InChI=1S/C14H17BrN2O3/c1-20-8-3-2-4-17(7-8)12-6-11-9(5-10(12)15)13(18)14(19)16-11/h5-6,8,13,18H,2-4,7H2,1H3,(H,16,19). The van der Waals surface area contributed by atoms with Gasteiger partial charge in [0.05, 0.1) is 11.8 Å². The molecular formula is C14H17BrN2O3. The Morgan fingerprint density at radius 1 is 1.50 bits per heavy atom. The molecular weight excluding hydrogens is 324 g/mol. The van der Waals surface area contributed by atoms with Crippen LogP contribution in [0, 0.1) is 0 Å². The van der Waals surface area contributed by atoms with Crippen molar-refractivity contribution < 1.29 is 14.6 Å². The van der Waals surface area contributed by atoms with E-state index in [0.29, 0.717) is 11.3 Å². The number of methoxy groups -OCH3 is 1. The molecule has 1 aromatic carbocycles. The summed E-state index contributed by atoms with van der Waals surface area (Å²) in [5.74, 6) is -0.363. The zero-order valence-electron chi connectivity index (χ0n) is 11.2. The molecule has 0 spiro atoms. The number of anilines is 2. The Kier molecular flexibility index (Phi) is 3.70. The molecule has 6 heteroatoms. The van der Waals surface area contributed by atoms with E-state index in [0.717, 1.165) is 36.1 Å². The van der Waals surface area contributed by atoms with E-state index in [4.69, 9.17) is 4.74 Å². The highest BCUT2D eigenvalue weighted by atomic mass is 79.9. The molecule has 108 valence electrons. The zero-order chi connectivity index (χ0) is 14.3. The molecule has 0 aliphatic carbocycles. The molecule has 20 heavy (non-hydrogen) atoms. The summed E-state index contributed by atoms with van der Waals surface area (Å²) in [5.41, 5.74) is 2.35. The van der Waals surface area contributed by atoms with E-state index in [-0.39, 0.29) is 12.0 Å². The monoisotopic (exact) mass is 340 g/mol. The number of rotatable bonds is 2. The quantitative estimate of drug-likeness (QED) is 0.864. The van der Waals surface area contributed by atoms with Gasteiger partial charge in [0.25, 0.3) is 5.91 Å². The Labute approximate surface area is 126 Å². The Morgan fingerprint density at radius 2 is 2.30 bits per heavy atom. The van der Waals surface area contributed by atoms with Crippen LogP contribution in [0.4, 0.5) is 11.4 Å². The van der Waals surface area contributed by atoms with Gasteiger partial charge in [0.15, 0.2) is 6.10 Å². The molecule has 1 aromatic rings. The zero-order valence-corrected chi connectivity index (χ0v) is 12.8. The number of ether oxygens (including phenoxy) is 1. The van der Waals surface area contributed by atoms with E-state index in [2.05, 4.69) is 26.1 Å². The van der Waals surface area contributed by atoms with Crippen molar-refractivity contribution in [2.75, 3.05) is 30.4 Å². The van der Waals surface area contributed by atoms with E-state index >= 15 is 0 Å². The van der Waals surface area contributed by atoms with E-state index < -0.39 is 6.10 Å². The first-order chi connectivity index (χ1) is 9.60. The van der Waals surface area contributed by atoms with Gasteiger partial charge in [-0.15, -0.1) is 0 Å². The Morgan fingerprint density at radius 3 is 3.05 bits per heavy atom. The maximum Gasteiger partial charge on any atom is 0.257 e. The highest BCUT2D eigenvalue weighted by molar-refractivity contribution is 9.10. The maximum atomic E-state index is 11.5. The number of aliphatic hydroxyl groups excluding tert-OH is 1. The molecule has 0 saturated carbocycles. The Hall–Kier alpha value is -1.11. The van der Waals surface area contributed by atoms with Gasteiger partial charge in [-0.05, 0) is 40.9 Å². The molecule has 1 saturated heterocycles. The van der Waals surface area contributed by atoms with Crippen molar-refractivity contribution in [3.8, 4) is 0 Å². The number of aliphatic hydroxyl groups is 1. The molecule has 3 rings (SSSR count). The molecule has 2 aliphatic heterocycles. The lowest BCUT2D eigenvalue weighted by Crippen LogP contribution is -2.39. The average molecular weight is 341 g/mol. The van der Waals surface area contributed by atoms with Gasteiger partial charge in [-0.3, -0.25) is 4.79 Å². The minimum atomic E-state index is -1.07. The van der Waals surface area contributed by atoms with Crippen molar-refractivity contribution in [2.45, 2.75) is 25.0 Å². The summed E-state index contributed by atoms with van der Waals surface area (Å²) in [5, 5.41) is 12.5. The number of piperidine rings is 1. The highest BCUT2D eigenvalue weighted by Crippen LogP contribution is 2.39. The Bertz CT molecular complexity index is 549. The first-order valence-electron chi connectivity index (χ1n) is 6.70. The predicted octanol–water partition coefficient (Wildman–Crippen LogP) is 2.05. The van der Waals surface area contributed by atoms with Crippen molar-refractivity contribution in [1.82, 2.24) is 0 Å². The first kappa shape index (κ1) is 13.9. The fraction of sp³-hybridized carbons (Fsp3) is 0.500. The molecule has 2 heterocycles. The lowest BCUT2D eigenvalue weighted by molar-refractivity contribution is -0.123. The van der Waals surface area contributed by atoms with Gasteiger partial charge in [0.1, 0.15) is 0 Å². The lowest BCUT2D eigenvalue weighted by Gasteiger charge is -2.34. The number of hydrogen-bond donors (Lipinski definition) is 2. The third-order valence-electron chi connectivity index (χ3n) is 3.97. The Balaban J connectivity index is 1.91. The van der Waals surface area contributed by atoms with Gasteiger partial charge < -0.3 is 20.1 Å². The van der Waals surface area contributed by atoms with Crippen LogP contribution in [-0.2, 0) is 9.53 Å². The summed E-state index contributed by atoms with van der Waals surface area (Å²) in [6.07, 6.45) is 1.33. The molecule has 0 aromatic heterocycles. The summed E-state index contributed by atoms with van der Waals surface area (Å²) >= 11 is 3.54. The van der Waals surface area contributed by atoms with Crippen molar-refractivity contribution >= 4 is 33.2 Å². The number of hydrogen-bond acceptors (Lipinski definition) is 4. The molecule has 5 nitrogen and oxygen atoms in total. The topological polar surface area (TPSA) is 61.8 Å². The van der Waals surface area contributed by atoms with Crippen molar-refractivity contribution in [3.63, 3.8) is 0 Å². The van der Waals surface area contributed by atoms with Gasteiger partial charge in [-0.2, -0.15) is 0 Å². The van der Waals surface area contributed by atoms with Gasteiger partial charge in [-0.1, -0.05) is 0 Å². The molecule has 0 radical (unpaired) electrons. The van der Waals surface area contributed by atoms with Crippen LogP contribution in [-0.4, -0.2) is 37.3 Å². The number of halogens is 1. The summed E-state index contributed by atoms with van der Waals surface area (Å²) in [4.78, 5) is 13.8. The van der Waals surface area contributed by atoms with Gasteiger partial charge in [0.2, 0.25) is 0 Å². The second kappa shape index (κ2) is 5.35. The summed E-state index contributed by atoms with van der Waals surface area (Å²) < 4.78 is 6.33. The van der Waals surface area contributed by atoms with Crippen LogP contribution in [0.1, 0.15) is 24.5 Å². The van der Waals surface area contributed by atoms with E-state index in [1.165, 1.54) is 0 Å². The second-order valence-corrected chi connectivity index (χ2v) is 6.08. The van der Waals surface area contributed by atoms with E-state index in [1.54, 1.807) is 7.11 Å². The molecule has 0 bridgehead atoms. The summed E-state index contributed by atoms with van der Waals surface area (Å²) in [6.45, 7) is 1.80. The molecule has 2 atom stereocenters. The summed E-state index contributed by atoms with van der Waals surface area (Å²) in [6, 6.07) is 3.75. The number of carbonyl (C=O) groups excluding carboxylic acids is 1. The molecule has 2 N–H and O–H groups in total. The number of benzene rings is 1. The minimum Gasteiger partial charge on any atom is -0.380 e. The van der Waals surface area contributed by atoms with E-state index in [1.807, 2.05) is 12.1 Å². The smallest absolute Gasteiger partial charge is 0.257 e. The summed E-state index contributed by atoms with van der Waals surface area (Å²) in [7, 11) is 1.74. The number of amides is 1. The average Bonchev–Trinajstić information content (AvgIpc) is 2.73. The molecule has 2 unspecified atom stereocenters. The van der Waals surface area contributed by atoms with Crippen LogP contribution in [0.2, 0.25) is 0 Å². The molecule has 2 aliphatic rings. The maximum absolute atomic E-state index is 11.5. The van der Waals surface area contributed by atoms with E-state index in [9.17, 15) is 9.90 Å². The third kappa shape index (κ3) is 2.32. The van der Waals surface area contributed by atoms with Crippen molar-refractivity contribution in [2.24, 2.45) is 0 Å². The lowest BCUT2D eigenvalue weighted by atomic mass is 10.1. The minimum absolute atomic E-state index is 0.240. The SMILES string of the molecule is COC1CCCN(c2cc3c(cc2Br)C(O)C(=O)N3)C1. The molecule has 1 amide bonds. The van der Waals surface area contributed by atoms with Crippen LogP contribution >= 0.6 is 15.9 Å². The third-order valence-corrected chi connectivity index (χ3v) is 4.61. The first-order valence-corrected chi connectivity index (χ1v) is 7.49. The molecule has 1 fully saturated rings. The number of nitrogens with zero attached hydrogens (tertiary/aromatic N) is 1. The van der Waals surface area contributed by atoms with Gasteiger partial charge >= 0.3 is 0 Å². The van der Waals surface area contributed by atoms with Crippen LogP contribution < -0.4 is 10.2 Å². The normalized spacial score (nSPS) is 25.6. The van der Waals surface area contributed by atoms with Crippen molar-refractivity contribution in [3.05, 3.63) is 22.2 Å².